The molecule has 3 aromatic heterocycles. The van der Waals surface area contributed by atoms with Crippen LogP contribution in [-0.2, 0) is 0 Å². The molecule has 4 heteroatoms. The summed E-state index contributed by atoms with van der Waals surface area (Å²) in [5.74, 6) is 0. The Morgan fingerprint density at radius 2 is 1.21 bits per heavy atom. The van der Waals surface area contributed by atoms with Gasteiger partial charge in [-0.1, -0.05) is 0 Å². The first-order valence-corrected chi connectivity index (χ1v) is 12.7. The Labute approximate surface area is 194 Å². The predicted octanol–water partition coefficient (Wildman–Crippen LogP) is 5.97. The second-order valence-electron chi connectivity index (χ2n) is 9.87. The Morgan fingerprint density at radius 3 is 1.94 bits per heavy atom. The van der Waals surface area contributed by atoms with E-state index < -0.39 is 0 Å². The van der Waals surface area contributed by atoms with Gasteiger partial charge in [-0.2, -0.15) is 8.80 Å². The molecular weight excluding hydrogens is 404 g/mol. The fourth-order valence-electron chi connectivity index (χ4n) is 6.03. The third-order valence-corrected chi connectivity index (χ3v) is 7.81. The van der Waals surface area contributed by atoms with Gasteiger partial charge in [0.2, 0.25) is 0 Å². The number of aromatic nitrogens is 2. The summed E-state index contributed by atoms with van der Waals surface area (Å²) in [4.78, 5) is 5.09. The van der Waals surface area contributed by atoms with E-state index in [9.17, 15) is 0 Å². The zero-order chi connectivity index (χ0) is 21.8. The number of piperidine rings is 2. The number of fused-ring (bicyclic) bond motifs is 7. The third-order valence-electron chi connectivity index (χ3n) is 7.81. The summed E-state index contributed by atoms with van der Waals surface area (Å²) >= 11 is 0. The Bertz CT molecular complexity index is 1490. The topological polar surface area (TPSA) is 15.0 Å². The van der Waals surface area contributed by atoms with Crippen LogP contribution in [0.3, 0.4) is 0 Å². The van der Waals surface area contributed by atoms with Crippen molar-refractivity contribution >= 4 is 44.3 Å². The van der Waals surface area contributed by atoms with Gasteiger partial charge in [-0.05, 0) is 93.1 Å². The van der Waals surface area contributed by atoms with Gasteiger partial charge in [0.25, 0.3) is 5.65 Å². The van der Waals surface area contributed by atoms with Crippen molar-refractivity contribution in [2.45, 2.75) is 38.5 Å². The van der Waals surface area contributed by atoms with Crippen LogP contribution in [0.4, 0.5) is 11.4 Å². The maximum atomic E-state index is 2.54. The number of hydrogen-bond donors (Lipinski definition) is 0. The number of hydrogen-bond acceptors (Lipinski definition) is 2. The molecule has 0 aliphatic carbocycles. The molecule has 0 N–H and O–H groups in total. The second kappa shape index (κ2) is 7.65. The minimum Gasteiger partial charge on any atom is -0.372 e. The number of imidazole rings is 1. The largest absolute Gasteiger partial charge is 0.372 e. The number of anilines is 2. The fourth-order valence-corrected chi connectivity index (χ4v) is 6.03. The van der Waals surface area contributed by atoms with Gasteiger partial charge < -0.3 is 9.80 Å². The van der Waals surface area contributed by atoms with E-state index in [0.717, 1.165) is 0 Å². The van der Waals surface area contributed by atoms with Gasteiger partial charge in [-0.3, -0.25) is 0 Å². The molecule has 0 amide bonds. The minimum atomic E-state index is 1.18. The molecule has 2 aliphatic heterocycles. The van der Waals surface area contributed by atoms with Gasteiger partial charge in [0.15, 0.2) is 5.52 Å². The van der Waals surface area contributed by atoms with E-state index in [1.54, 1.807) is 0 Å². The summed E-state index contributed by atoms with van der Waals surface area (Å²) in [5.41, 5.74) is 7.73. The fraction of sp³-hybridized carbons (Fsp3) is 0.345. The highest BCUT2D eigenvalue weighted by molar-refractivity contribution is 5.88. The quantitative estimate of drug-likeness (QED) is 0.318. The van der Waals surface area contributed by atoms with Crippen LogP contribution in [0.15, 0.2) is 66.9 Å². The van der Waals surface area contributed by atoms with Crippen LogP contribution in [0.2, 0.25) is 0 Å². The zero-order valence-electron chi connectivity index (χ0n) is 19.2. The molecule has 2 aliphatic rings. The van der Waals surface area contributed by atoms with Crippen LogP contribution in [0.5, 0.6) is 0 Å². The summed E-state index contributed by atoms with van der Waals surface area (Å²) in [6.07, 6.45) is 10.3. The van der Waals surface area contributed by atoms with E-state index in [1.165, 1.54) is 109 Å². The summed E-state index contributed by atoms with van der Waals surface area (Å²) in [6.45, 7) is 4.73. The molecule has 0 atom stereocenters. The SMILES string of the molecule is c1cc2c(ccc3c[n+]4c5ccc(N6CCCCC6)cc5ccc4n32)cc1N1CCCCC1. The molecule has 2 aromatic carbocycles. The molecule has 2 saturated heterocycles. The van der Waals surface area contributed by atoms with Gasteiger partial charge in [-0.25, -0.2) is 0 Å². The first-order chi connectivity index (χ1) is 16.3. The van der Waals surface area contributed by atoms with E-state index in [1.807, 2.05) is 0 Å². The Hall–Kier alpha value is -3.27. The highest BCUT2D eigenvalue weighted by Gasteiger charge is 2.19. The maximum absolute atomic E-state index is 2.54. The van der Waals surface area contributed by atoms with Gasteiger partial charge in [-0.15, -0.1) is 0 Å². The Balaban J connectivity index is 1.36. The standard InChI is InChI=1S/C29H31N4/c1-3-15-30(16-4-1)24-10-12-27-22(19-24)8-14-29-32(27)21-26-9-7-23-20-25(11-13-28(23)33(26)29)31-17-5-2-6-18-31/h7-14,19-21H,1-6,15-18H2/q+1. The molecule has 0 spiro atoms. The highest BCUT2D eigenvalue weighted by atomic mass is 15.1. The normalized spacial score (nSPS) is 17.6. The number of nitrogens with zero attached hydrogens (tertiary/aromatic N) is 4. The average Bonchev–Trinajstić information content (AvgIpc) is 3.29. The van der Waals surface area contributed by atoms with Crippen LogP contribution in [-0.4, -0.2) is 30.6 Å². The zero-order valence-corrected chi connectivity index (χ0v) is 19.2. The summed E-state index contributed by atoms with van der Waals surface area (Å²) < 4.78 is 4.77. The minimum absolute atomic E-state index is 1.18. The Morgan fingerprint density at radius 1 is 0.576 bits per heavy atom. The highest BCUT2D eigenvalue weighted by Crippen LogP contribution is 2.28. The second-order valence-corrected chi connectivity index (χ2v) is 9.87. The molecule has 0 saturated carbocycles. The van der Waals surface area contributed by atoms with Crippen molar-refractivity contribution in [2.75, 3.05) is 36.0 Å². The predicted molar refractivity (Wildman–Crippen MR) is 138 cm³/mol. The van der Waals surface area contributed by atoms with Crippen molar-refractivity contribution in [1.29, 1.82) is 0 Å². The molecule has 0 unspecified atom stereocenters. The van der Waals surface area contributed by atoms with Crippen LogP contribution in [0, 0.1) is 0 Å². The lowest BCUT2D eigenvalue weighted by Gasteiger charge is -2.28. The smallest absolute Gasteiger partial charge is 0.292 e. The van der Waals surface area contributed by atoms with Gasteiger partial charge in [0.05, 0.1) is 0 Å². The molecular formula is C29H31N4+. The number of pyridine rings is 2. The summed E-state index contributed by atoms with van der Waals surface area (Å²) in [7, 11) is 0. The van der Waals surface area contributed by atoms with Crippen molar-refractivity contribution in [3.05, 3.63) is 66.9 Å². The van der Waals surface area contributed by atoms with Gasteiger partial charge >= 0.3 is 0 Å². The third kappa shape index (κ3) is 3.15. The lowest BCUT2D eigenvalue weighted by atomic mass is 10.1. The molecule has 5 aromatic rings. The molecule has 33 heavy (non-hydrogen) atoms. The molecule has 5 heterocycles. The summed E-state index contributed by atoms with van der Waals surface area (Å²) in [6, 6.07) is 23.1. The van der Waals surface area contributed by atoms with Crippen LogP contribution < -0.4 is 14.2 Å². The first-order valence-electron chi connectivity index (χ1n) is 12.7. The molecule has 0 radical (unpaired) electrons. The number of rotatable bonds is 2. The molecule has 0 bridgehead atoms. The van der Waals surface area contributed by atoms with Crippen LogP contribution in [0.1, 0.15) is 38.5 Å². The van der Waals surface area contributed by atoms with Crippen molar-refractivity contribution in [1.82, 2.24) is 4.40 Å². The van der Waals surface area contributed by atoms with Crippen LogP contribution in [0.25, 0.3) is 33.0 Å². The lowest BCUT2D eigenvalue weighted by molar-refractivity contribution is -0.479. The summed E-state index contributed by atoms with van der Waals surface area (Å²) in [5, 5.41) is 2.62. The van der Waals surface area contributed by atoms with Crippen molar-refractivity contribution in [2.24, 2.45) is 0 Å². The monoisotopic (exact) mass is 435 g/mol. The van der Waals surface area contributed by atoms with E-state index in [4.69, 9.17) is 0 Å². The van der Waals surface area contributed by atoms with Gasteiger partial charge in [0, 0.05) is 54.4 Å². The van der Waals surface area contributed by atoms with E-state index in [2.05, 4.69) is 85.5 Å². The van der Waals surface area contributed by atoms with E-state index in [-0.39, 0.29) is 0 Å². The molecule has 2 fully saturated rings. The molecule has 7 rings (SSSR count). The lowest BCUT2D eigenvalue weighted by Crippen LogP contribution is -2.29. The maximum Gasteiger partial charge on any atom is 0.292 e. The molecule has 166 valence electrons. The van der Waals surface area contributed by atoms with Crippen LogP contribution >= 0.6 is 0 Å². The van der Waals surface area contributed by atoms with E-state index >= 15 is 0 Å². The van der Waals surface area contributed by atoms with Gasteiger partial charge in [0.1, 0.15) is 17.2 Å². The van der Waals surface area contributed by atoms with Crippen molar-refractivity contribution < 1.29 is 4.40 Å². The number of benzene rings is 2. The van der Waals surface area contributed by atoms with E-state index in [0.29, 0.717) is 0 Å². The van der Waals surface area contributed by atoms with Crippen molar-refractivity contribution in [3.8, 4) is 0 Å². The Kier molecular flexibility index (Phi) is 4.46. The molecule has 4 nitrogen and oxygen atoms in total. The first kappa shape index (κ1) is 19.2. The van der Waals surface area contributed by atoms with Crippen molar-refractivity contribution in [3.63, 3.8) is 0 Å². The average molecular weight is 436 g/mol.